The monoisotopic (exact) mass is 651 g/mol. The van der Waals surface area contributed by atoms with E-state index < -0.39 is 0 Å². The topological polar surface area (TPSA) is 31.2 Å². The van der Waals surface area contributed by atoms with E-state index in [2.05, 4.69) is 180 Å². The van der Waals surface area contributed by atoms with Crippen molar-refractivity contribution in [1.82, 2.24) is 4.57 Å². The quantitative estimate of drug-likeness (QED) is 0.190. The lowest BCUT2D eigenvalue weighted by molar-refractivity contribution is 0.663. The maximum absolute atomic E-state index is 6.83. The Labute approximate surface area is 293 Å². The number of nitrogens with zero attached hydrogens (tertiary/aromatic N) is 1. The Hall–Kier alpha value is -6.84. The first-order chi connectivity index (χ1) is 25.3. The summed E-state index contributed by atoms with van der Waals surface area (Å²) in [7, 11) is 0. The highest BCUT2D eigenvalue weighted by Gasteiger charge is 2.20. The molecule has 238 valence electrons. The summed E-state index contributed by atoms with van der Waals surface area (Å²) in [4.78, 5) is 0. The molecule has 11 rings (SSSR count). The fourth-order valence-corrected chi connectivity index (χ4v) is 8.04. The van der Waals surface area contributed by atoms with Crippen LogP contribution in [0.2, 0.25) is 0 Å². The van der Waals surface area contributed by atoms with Crippen molar-refractivity contribution >= 4 is 65.7 Å². The zero-order chi connectivity index (χ0) is 33.5. The van der Waals surface area contributed by atoms with Gasteiger partial charge in [0.25, 0.3) is 0 Å². The molecule has 11 aromatic rings. The summed E-state index contributed by atoms with van der Waals surface area (Å²) in [5, 5.41) is 6.67. The van der Waals surface area contributed by atoms with Crippen molar-refractivity contribution in [2.75, 3.05) is 0 Å². The smallest absolute Gasteiger partial charge is 0.159 e. The van der Waals surface area contributed by atoms with Gasteiger partial charge in [-0.1, -0.05) is 127 Å². The zero-order valence-corrected chi connectivity index (χ0v) is 27.5. The summed E-state index contributed by atoms with van der Waals surface area (Å²) < 4.78 is 16.0. The second kappa shape index (κ2) is 10.8. The number of para-hydroxylation sites is 4. The van der Waals surface area contributed by atoms with Crippen LogP contribution in [0.3, 0.4) is 0 Å². The van der Waals surface area contributed by atoms with Gasteiger partial charge in [-0.2, -0.15) is 0 Å². The summed E-state index contributed by atoms with van der Waals surface area (Å²) in [6.45, 7) is 0. The third kappa shape index (κ3) is 4.25. The fraction of sp³-hybridized carbons (Fsp3) is 0. The van der Waals surface area contributed by atoms with Crippen molar-refractivity contribution in [3.8, 4) is 39.1 Å². The molecule has 0 saturated heterocycles. The summed E-state index contributed by atoms with van der Waals surface area (Å²) in [6.07, 6.45) is 0. The van der Waals surface area contributed by atoms with Crippen LogP contribution in [0.15, 0.2) is 185 Å². The molecule has 0 amide bonds. The predicted octanol–water partition coefficient (Wildman–Crippen LogP) is 13.6. The molecule has 0 aliphatic heterocycles. The van der Waals surface area contributed by atoms with Gasteiger partial charge in [0.05, 0.1) is 16.7 Å². The largest absolute Gasteiger partial charge is 0.455 e. The number of hydrogen-bond acceptors (Lipinski definition) is 2. The van der Waals surface area contributed by atoms with E-state index in [-0.39, 0.29) is 0 Å². The molecular formula is C48H29NO2. The van der Waals surface area contributed by atoms with E-state index in [0.29, 0.717) is 0 Å². The zero-order valence-electron chi connectivity index (χ0n) is 27.5. The molecule has 0 bridgehead atoms. The van der Waals surface area contributed by atoms with Crippen molar-refractivity contribution in [3.63, 3.8) is 0 Å². The Bertz CT molecular complexity index is 3010. The maximum atomic E-state index is 6.83. The van der Waals surface area contributed by atoms with Crippen molar-refractivity contribution in [2.45, 2.75) is 0 Å². The van der Waals surface area contributed by atoms with Gasteiger partial charge in [0.1, 0.15) is 16.7 Å². The van der Waals surface area contributed by atoms with Gasteiger partial charge in [0.2, 0.25) is 0 Å². The summed E-state index contributed by atoms with van der Waals surface area (Å²) in [5.74, 6) is 0. The Morgan fingerprint density at radius 1 is 0.314 bits per heavy atom. The molecule has 0 N–H and O–H groups in total. The van der Waals surface area contributed by atoms with Crippen molar-refractivity contribution in [3.05, 3.63) is 176 Å². The highest BCUT2D eigenvalue weighted by molar-refractivity contribution is 6.18. The van der Waals surface area contributed by atoms with E-state index in [9.17, 15) is 0 Å². The second-order valence-electron chi connectivity index (χ2n) is 13.3. The predicted molar refractivity (Wildman–Crippen MR) is 212 cm³/mol. The lowest BCUT2D eigenvalue weighted by atomic mass is 9.92. The third-order valence-corrected chi connectivity index (χ3v) is 10.4. The molecular weight excluding hydrogens is 623 g/mol. The average molecular weight is 652 g/mol. The Balaban J connectivity index is 1.12. The van der Waals surface area contributed by atoms with Crippen molar-refractivity contribution in [1.29, 1.82) is 0 Å². The van der Waals surface area contributed by atoms with E-state index in [0.717, 1.165) is 71.7 Å². The number of benzene rings is 8. The molecule has 3 heteroatoms. The third-order valence-electron chi connectivity index (χ3n) is 10.4. The van der Waals surface area contributed by atoms with Gasteiger partial charge >= 0.3 is 0 Å². The molecule has 3 heterocycles. The SMILES string of the molecule is c1ccc(-c2cc(-c3ccccc3)cc(-c3cccc4c3oc3cc5c(cc34)oc3c(-n4c6ccccc6c6ccccc64)cccc35)c2)cc1. The first kappa shape index (κ1) is 28.0. The minimum absolute atomic E-state index is 0.844. The van der Waals surface area contributed by atoms with E-state index in [1.807, 2.05) is 0 Å². The minimum atomic E-state index is 0.844. The van der Waals surface area contributed by atoms with Crippen molar-refractivity contribution in [2.24, 2.45) is 0 Å². The molecule has 0 atom stereocenters. The standard InChI is InChI=1S/C48H29NO2/c1-3-13-30(14-4-1)32-25-33(31-15-5-2-6-16-31)27-34(26-32)35-19-11-20-38-40-28-46-41(29-45(40)50-47(35)38)39-21-12-24-44(48(39)51-46)49-42-22-9-7-17-36(42)37-18-8-10-23-43(37)49/h1-29H. The van der Waals surface area contributed by atoms with Crippen molar-refractivity contribution < 1.29 is 8.83 Å². The molecule has 0 fully saturated rings. The van der Waals surface area contributed by atoms with Crippen LogP contribution < -0.4 is 0 Å². The molecule has 0 spiro atoms. The molecule has 3 aromatic heterocycles. The fourth-order valence-electron chi connectivity index (χ4n) is 8.04. The van der Waals surface area contributed by atoms with Crippen LogP contribution >= 0.6 is 0 Å². The number of furan rings is 2. The first-order valence-corrected chi connectivity index (χ1v) is 17.3. The van der Waals surface area contributed by atoms with Crippen LogP contribution in [-0.4, -0.2) is 4.57 Å². The lowest BCUT2D eigenvalue weighted by Gasteiger charge is -2.11. The van der Waals surface area contributed by atoms with E-state index in [4.69, 9.17) is 8.83 Å². The molecule has 0 unspecified atom stereocenters. The van der Waals surface area contributed by atoms with Gasteiger partial charge < -0.3 is 13.4 Å². The highest BCUT2D eigenvalue weighted by Crippen LogP contribution is 2.43. The Kier molecular flexibility index (Phi) is 5.96. The molecule has 51 heavy (non-hydrogen) atoms. The Morgan fingerprint density at radius 3 is 1.39 bits per heavy atom. The highest BCUT2D eigenvalue weighted by atomic mass is 16.3. The van der Waals surface area contributed by atoms with Crippen LogP contribution in [0.4, 0.5) is 0 Å². The van der Waals surface area contributed by atoms with Crippen LogP contribution in [0.1, 0.15) is 0 Å². The number of aromatic nitrogens is 1. The van der Waals surface area contributed by atoms with E-state index >= 15 is 0 Å². The van der Waals surface area contributed by atoms with Crippen LogP contribution in [-0.2, 0) is 0 Å². The van der Waals surface area contributed by atoms with Gasteiger partial charge in [-0.25, -0.2) is 0 Å². The first-order valence-electron chi connectivity index (χ1n) is 17.3. The summed E-state index contributed by atoms with van der Waals surface area (Å²) >= 11 is 0. The number of fused-ring (bicyclic) bond motifs is 9. The minimum Gasteiger partial charge on any atom is -0.455 e. The van der Waals surface area contributed by atoms with Crippen LogP contribution in [0.25, 0.3) is 105 Å². The molecule has 3 nitrogen and oxygen atoms in total. The number of rotatable bonds is 4. The van der Waals surface area contributed by atoms with E-state index in [1.165, 1.54) is 33.0 Å². The molecule has 0 aliphatic rings. The molecule has 8 aromatic carbocycles. The Morgan fingerprint density at radius 2 is 0.784 bits per heavy atom. The van der Waals surface area contributed by atoms with Crippen LogP contribution in [0.5, 0.6) is 0 Å². The van der Waals surface area contributed by atoms with Gasteiger partial charge in [0.15, 0.2) is 5.58 Å². The molecule has 0 radical (unpaired) electrons. The molecule has 0 aliphatic carbocycles. The maximum Gasteiger partial charge on any atom is 0.159 e. The van der Waals surface area contributed by atoms with Gasteiger partial charge in [-0.3, -0.25) is 0 Å². The lowest BCUT2D eigenvalue weighted by Crippen LogP contribution is -1.93. The van der Waals surface area contributed by atoms with Gasteiger partial charge in [-0.15, -0.1) is 0 Å². The number of hydrogen-bond donors (Lipinski definition) is 0. The van der Waals surface area contributed by atoms with Crippen LogP contribution in [0, 0.1) is 0 Å². The second-order valence-corrected chi connectivity index (χ2v) is 13.3. The normalized spacial score (nSPS) is 11.9. The average Bonchev–Trinajstić information content (AvgIpc) is 3.86. The molecule has 0 saturated carbocycles. The van der Waals surface area contributed by atoms with Gasteiger partial charge in [0, 0.05) is 37.9 Å². The van der Waals surface area contributed by atoms with Gasteiger partial charge in [-0.05, 0) is 76.3 Å². The summed E-state index contributed by atoms with van der Waals surface area (Å²) in [5.41, 5.74) is 13.6. The summed E-state index contributed by atoms with van der Waals surface area (Å²) in [6, 6.07) is 62.4. The van der Waals surface area contributed by atoms with E-state index in [1.54, 1.807) is 0 Å².